The van der Waals surface area contributed by atoms with Crippen LogP contribution in [0.5, 0.6) is 5.75 Å². The summed E-state index contributed by atoms with van der Waals surface area (Å²) in [6.07, 6.45) is -2.58. The van der Waals surface area contributed by atoms with Gasteiger partial charge in [-0.3, -0.25) is 9.69 Å². The van der Waals surface area contributed by atoms with Gasteiger partial charge in [-0.15, -0.1) is 24.5 Å². The molecule has 0 radical (unpaired) electrons. The van der Waals surface area contributed by atoms with Gasteiger partial charge in [0.1, 0.15) is 11.8 Å². The molecule has 0 bridgehead atoms. The van der Waals surface area contributed by atoms with Crippen molar-refractivity contribution >= 4 is 32.5 Å². The first-order chi connectivity index (χ1) is 16.4. The molecule has 2 aliphatic rings. The summed E-state index contributed by atoms with van der Waals surface area (Å²) in [6.45, 7) is 4.79. The van der Waals surface area contributed by atoms with E-state index in [0.717, 1.165) is 58.8 Å². The number of aromatic nitrogens is 1. The van der Waals surface area contributed by atoms with Crippen LogP contribution in [0, 0.1) is 6.92 Å². The predicted molar refractivity (Wildman–Crippen MR) is 122 cm³/mol. The lowest BCUT2D eigenvalue weighted by molar-refractivity contribution is -0.274. The van der Waals surface area contributed by atoms with Crippen LogP contribution in [-0.4, -0.2) is 78.8 Å². The average Bonchev–Trinajstić information content (AvgIpc) is 3.43. The number of ether oxygens (including phenoxy) is 1. The van der Waals surface area contributed by atoms with E-state index in [-0.39, 0.29) is 24.5 Å². The smallest absolute Gasteiger partial charge is 0.480 e. The highest BCUT2D eigenvalue weighted by Crippen LogP contribution is 2.32. The number of likely N-dealkylation sites (tertiary alicyclic amines) is 1. The number of carboxylic acid groups (broad SMARTS) is 1. The maximum Gasteiger partial charge on any atom is 0.573 e. The number of nitrogens with zero attached hydrogens (tertiary/aromatic N) is 4. The molecule has 1 atom stereocenters. The van der Waals surface area contributed by atoms with E-state index in [1.165, 1.54) is 24.2 Å². The maximum absolute atomic E-state index is 13.2. The van der Waals surface area contributed by atoms with Crippen LogP contribution >= 0.6 is 11.3 Å². The number of alkyl halides is 3. The summed E-state index contributed by atoms with van der Waals surface area (Å²) in [5.74, 6) is -1.89. The second-order valence-electron chi connectivity index (χ2n) is 8.42. The van der Waals surface area contributed by atoms with E-state index < -0.39 is 34.1 Å². The van der Waals surface area contributed by atoms with Gasteiger partial charge in [0, 0.05) is 31.1 Å². The quantitative estimate of drug-likeness (QED) is 0.579. The molecule has 2 saturated heterocycles. The Morgan fingerprint density at radius 2 is 1.83 bits per heavy atom. The van der Waals surface area contributed by atoms with Crippen LogP contribution < -0.4 is 9.64 Å². The van der Waals surface area contributed by atoms with E-state index in [1.54, 1.807) is 4.90 Å². The van der Waals surface area contributed by atoms with Gasteiger partial charge in [0.25, 0.3) is 0 Å². The van der Waals surface area contributed by atoms with Gasteiger partial charge < -0.3 is 14.7 Å². The summed E-state index contributed by atoms with van der Waals surface area (Å²) in [7, 11) is -4.28. The molecule has 1 aromatic carbocycles. The highest BCUT2D eigenvalue weighted by molar-refractivity contribution is 7.89. The van der Waals surface area contributed by atoms with E-state index in [1.807, 2.05) is 6.92 Å². The van der Waals surface area contributed by atoms with Crippen molar-refractivity contribution in [2.75, 3.05) is 37.6 Å². The topological polar surface area (TPSA) is 103 Å². The molecular formula is C21H25F3N4O5S2. The summed E-state index contributed by atoms with van der Waals surface area (Å²) >= 11 is 1.48. The molecule has 2 aliphatic heterocycles. The number of halogens is 3. The first-order valence-electron chi connectivity index (χ1n) is 11.0. The fraction of sp³-hybridized carbons (Fsp3) is 0.524. The Morgan fingerprint density at radius 1 is 1.17 bits per heavy atom. The molecule has 0 aliphatic carbocycles. The summed E-state index contributed by atoms with van der Waals surface area (Å²) in [6, 6.07) is 2.32. The van der Waals surface area contributed by atoms with E-state index in [4.69, 9.17) is 0 Å². The van der Waals surface area contributed by atoms with Crippen LogP contribution in [-0.2, 0) is 21.4 Å². The van der Waals surface area contributed by atoms with Crippen LogP contribution in [0.15, 0.2) is 29.2 Å². The van der Waals surface area contributed by atoms with Crippen molar-refractivity contribution in [2.24, 2.45) is 0 Å². The van der Waals surface area contributed by atoms with Crippen LogP contribution in [0.25, 0.3) is 0 Å². The Bertz CT molecular complexity index is 1160. The number of sulfonamides is 1. The molecular weight excluding hydrogens is 509 g/mol. The third-order valence-corrected chi connectivity index (χ3v) is 9.12. The number of anilines is 1. The molecule has 3 heterocycles. The zero-order chi connectivity index (χ0) is 25.4. The molecule has 4 rings (SSSR count). The standard InChI is InChI=1S/C21H25F3N4O5S2/c1-14-18(13-26-8-2-3-9-26)34-20(25-14)27-10-11-28(17(12-27)19(29)30)35(31,32)16-6-4-15(5-7-16)33-21(22,23)24/h4-7,17H,2-3,8-13H2,1H3,(H,29,30)/t17-/m1/s1. The Morgan fingerprint density at radius 3 is 2.43 bits per heavy atom. The van der Waals surface area contributed by atoms with Crippen LogP contribution in [0.3, 0.4) is 0 Å². The Labute approximate surface area is 204 Å². The number of carboxylic acids is 1. The lowest BCUT2D eigenvalue weighted by Gasteiger charge is -2.38. The summed E-state index contributed by atoms with van der Waals surface area (Å²) in [5.41, 5.74) is 0.875. The first-order valence-corrected chi connectivity index (χ1v) is 13.2. The van der Waals surface area contributed by atoms with Gasteiger partial charge in [-0.25, -0.2) is 13.4 Å². The fourth-order valence-electron chi connectivity index (χ4n) is 4.22. The number of benzene rings is 1. The molecule has 9 nitrogen and oxygen atoms in total. The minimum atomic E-state index is -4.91. The number of aliphatic carboxylic acids is 1. The number of hydrogen-bond acceptors (Lipinski definition) is 8. The largest absolute Gasteiger partial charge is 0.573 e. The minimum Gasteiger partial charge on any atom is -0.480 e. The first kappa shape index (κ1) is 25.7. The van der Waals surface area contributed by atoms with Gasteiger partial charge in [0.05, 0.1) is 10.6 Å². The maximum atomic E-state index is 13.2. The monoisotopic (exact) mass is 534 g/mol. The third-order valence-electron chi connectivity index (χ3n) is 6.00. The van der Waals surface area contributed by atoms with Gasteiger partial charge in [0.15, 0.2) is 5.13 Å². The van der Waals surface area contributed by atoms with Gasteiger partial charge in [0.2, 0.25) is 10.0 Å². The summed E-state index contributed by atoms with van der Waals surface area (Å²) in [4.78, 5) is 21.5. The summed E-state index contributed by atoms with van der Waals surface area (Å²) < 4.78 is 68.1. The highest BCUT2D eigenvalue weighted by Gasteiger charge is 2.41. The lowest BCUT2D eigenvalue weighted by Crippen LogP contribution is -2.58. The Balaban J connectivity index is 1.50. The predicted octanol–water partition coefficient (Wildman–Crippen LogP) is 2.91. The lowest BCUT2D eigenvalue weighted by atomic mass is 10.2. The van der Waals surface area contributed by atoms with E-state index >= 15 is 0 Å². The van der Waals surface area contributed by atoms with Crippen LogP contribution in [0.4, 0.5) is 18.3 Å². The minimum absolute atomic E-state index is 0.0973. The molecule has 0 spiro atoms. The number of thiazole rings is 1. The zero-order valence-electron chi connectivity index (χ0n) is 18.9. The van der Waals surface area contributed by atoms with Gasteiger partial charge in [-0.1, -0.05) is 0 Å². The number of piperazine rings is 1. The molecule has 2 aromatic rings. The summed E-state index contributed by atoms with van der Waals surface area (Å²) in [5, 5.41) is 10.5. The van der Waals surface area contributed by atoms with E-state index in [9.17, 15) is 31.5 Å². The number of hydrogen-bond donors (Lipinski definition) is 1. The molecule has 0 amide bonds. The molecule has 1 N–H and O–H groups in total. The van der Waals surface area contributed by atoms with Crippen LogP contribution in [0.2, 0.25) is 0 Å². The van der Waals surface area contributed by atoms with Gasteiger partial charge in [-0.05, 0) is 57.1 Å². The zero-order valence-corrected chi connectivity index (χ0v) is 20.5. The Kier molecular flexibility index (Phi) is 7.27. The second-order valence-corrected chi connectivity index (χ2v) is 11.4. The SMILES string of the molecule is Cc1nc(N2CCN(S(=O)(=O)c3ccc(OC(F)(F)F)cc3)[C@@H](C(=O)O)C2)sc1CN1CCCC1. The fourth-order valence-corrected chi connectivity index (χ4v) is 6.92. The molecule has 1 aromatic heterocycles. The van der Waals surface area contributed by atoms with Gasteiger partial charge in [-0.2, -0.15) is 4.31 Å². The average molecular weight is 535 g/mol. The van der Waals surface area contributed by atoms with Crippen molar-refractivity contribution in [1.29, 1.82) is 0 Å². The molecule has 14 heteroatoms. The van der Waals surface area contributed by atoms with Crippen molar-refractivity contribution in [1.82, 2.24) is 14.2 Å². The normalized spacial score (nSPS) is 20.3. The van der Waals surface area contributed by atoms with Crippen molar-refractivity contribution in [3.05, 3.63) is 34.8 Å². The van der Waals surface area contributed by atoms with E-state index in [2.05, 4.69) is 14.6 Å². The Hall–Kier alpha value is -2.42. The molecule has 0 unspecified atom stereocenters. The van der Waals surface area contributed by atoms with E-state index in [0.29, 0.717) is 5.13 Å². The molecule has 0 saturated carbocycles. The van der Waals surface area contributed by atoms with Crippen molar-refractivity contribution in [2.45, 2.75) is 43.6 Å². The second kappa shape index (κ2) is 9.91. The molecule has 2 fully saturated rings. The highest BCUT2D eigenvalue weighted by atomic mass is 32.2. The molecule has 192 valence electrons. The number of carbonyl (C=O) groups is 1. The van der Waals surface area contributed by atoms with Crippen molar-refractivity contribution in [3.8, 4) is 5.75 Å². The third kappa shape index (κ3) is 5.88. The van der Waals surface area contributed by atoms with Crippen molar-refractivity contribution < 1.29 is 36.2 Å². The number of aryl methyl sites for hydroxylation is 1. The number of rotatable bonds is 7. The van der Waals surface area contributed by atoms with Crippen molar-refractivity contribution in [3.63, 3.8) is 0 Å². The van der Waals surface area contributed by atoms with Gasteiger partial charge >= 0.3 is 12.3 Å². The molecule has 35 heavy (non-hydrogen) atoms. The van der Waals surface area contributed by atoms with Crippen LogP contribution in [0.1, 0.15) is 23.4 Å².